The van der Waals surface area contributed by atoms with Gasteiger partial charge in [-0.3, -0.25) is 0 Å². The number of rotatable bonds is 4. The molecule has 4 rings (SSSR count). The zero-order valence-electron chi connectivity index (χ0n) is 16.3. The Morgan fingerprint density at radius 2 is 0.933 bits per heavy atom. The van der Waals surface area contributed by atoms with Crippen LogP contribution in [0.2, 0.25) is 0 Å². The Labute approximate surface area is 176 Å². The molecular weight excluding hydrogens is 364 g/mol. The summed E-state index contributed by atoms with van der Waals surface area (Å²) in [7, 11) is 0. The van der Waals surface area contributed by atoms with Crippen LogP contribution >= 0.6 is 0 Å². The first-order valence-electron chi connectivity index (χ1n) is 9.63. The summed E-state index contributed by atoms with van der Waals surface area (Å²) in [5, 5.41) is 9.56. The molecule has 0 radical (unpaired) electrons. The molecule has 0 fully saturated rings. The van der Waals surface area contributed by atoms with Crippen molar-refractivity contribution in [3.05, 3.63) is 137 Å². The Balaban J connectivity index is 1.74. The molecule has 0 unspecified atom stereocenters. The minimum atomic E-state index is 0.0925. The normalized spacial score (nSPS) is 9.93. The van der Waals surface area contributed by atoms with E-state index in [0.717, 1.165) is 33.4 Å². The SMILES string of the molecule is [C-]#[N+]C(C#N)=C(c1ccc(-c2ccccc2)cc1)c1ccc(-c2ccccc2)cc1. The van der Waals surface area contributed by atoms with Crippen LogP contribution in [0.25, 0.3) is 32.7 Å². The highest BCUT2D eigenvalue weighted by Gasteiger charge is 2.13. The Morgan fingerprint density at radius 1 is 0.567 bits per heavy atom. The summed E-state index contributed by atoms with van der Waals surface area (Å²) < 4.78 is 0. The molecule has 0 aliphatic carbocycles. The van der Waals surface area contributed by atoms with E-state index in [1.807, 2.05) is 84.9 Å². The van der Waals surface area contributed by atoms with E-state index in [-0.39, 0.29) is 5.70 Å². The number of nitriles is 1. The van der Waals surface area contributed by atoms with Crippen LogP contribution in [0.15, 0.2) is 115 Å². The lowest BCUT2D eigenvalue weighted by molar-refractivity contribution is 1.47. The first kappa shape index (κ1) is 18.9. The summed E-state index contributed by atoms with van der Waals surface area (Å²) in [6, 6.07) is 38.4. The maximum Gasteiger partial charge on any atom is 0.270 e. The van der Waals surface area contributed by atoms with Gasteiger partial charge in [-0.1, -0.05) is 109 Å². The number of benzene rings is 4. The molecule has 0 aliphatic heterocycles. The summed E-state index contributed by atoms with van der Waals surface area (Å²) in [6.45, 7) is 7.49. The third kappa shape index (κ3) is 3.90. The van der Waals surface area contributed by atoms with Crippen molar-refractivity contribution in [1.29, 1.82) is 5.26 Å². The van der Waals surface area contributed by atoms with Gasteiger partial charge >= 0.3 is 0 Å². The molecule has 0 spiro atoms. The molecule has 0 saturated carbocycles. The van der Waals surface area contributed by atoms with Gasteiger partial charge in [-0.15, -0.1) is 0 Å². The average molecular weight is 382 g/mol. The quantitative estimate of drug-likeness (QED) is 0.270. The van der Waals surface area contributed by atoms with Crippen LogP contribution in [-0.2, 0) is 0 Å². The third-order valence-electron chi connectivity index (χ3n) is 5.02. The lowest BCUT2D eigenvalue weighted by atomic mass is 9.93. The minimum absolute atomic E-state index is 0.0925. The predicted octanol–water partition coefficient (Wildman–Crippen LogP) is 7.22. The van der Waals surface area contributed by atoms with Crippen molar-refractivity contribution in [3.8, 4) is 28.3 Å². The van der Waals surface area contributed by atoms with Gasteiger partial charge in [-0.2, -0.15) is 0 Å². The average Bonchev–Trinajstić information content (AvgIpc) is 2.84. The van der Waals surface area contributed by atoms with Crippen LogP contribution in [0.3, 0.4) is 0 Å². The molecule has 0 aliphatic rings. The third-order valence-corrected chi connectivity index (χ3v) is 5.02. The highest BCUT2D eigenvalue weighted by Crippen LogP contribution is 2.31. The van der Waals surface area contributed by atoms with Crippen LogP contribution in [0.4, 0.5) is 0 Å². The van der Waals surface area contributed by atoms with Crippen molar-refractivity contribution in [2.75, 3.05) is 0 Å². The van der Waals surface area contributed by atoms with Crippen molar-refractivity contribution < 1.29 is 0 Å². The Morgan fingerprint density at radius 3 is 1.27 bits per heavy atom. The predicted molar refractivity (Wildman–Crippen MR) is 122 cm³/mol. The second-order valence-corrected chi connectivity index (χ2v) is 6.83. The molecule has 0 heterocycles. The van der Waals surface area contributed by atoms with Gasteiger partial charge in [0.25, 0.3) is 5.70 Å². The van der Waals surface area contributed by atoms with E-state index in [1.54, 1.807) is 0 Å². The molecule has 30 heavy (non-hydrogen) atoms. The largest absolute Gasteiger partial charge is 0.270 e. The maximum atomic E-state index is 9.56. The summed E-state index contributed by atoms with van der Waals surface area (Å²) in [6.07, 6.45) is 0. The molecule has 2 heteroatoms. The van der Waals surface area contributed by atoms with Crippen molar-refractivity contribution >= 4 is 5.57 Å². The molecule has 0 saturated heterocycles. The second kappa shape index (κ2) is 8.74. The van der Waals surface area contributed by atoms with Gasteiger partial charge in [0, 0.05) is 5.57 Å². The molecule has 0 bridgehead atoms. The molecule has 0 N–H and O–H groups in total. The summed E-state index contributed by atoms with van der Waals surface area (Å²) in [5.74, 6) is 0. The van der Waals surface area contributed by atoms with Gasteiger partial charge in [0.2, 0.25) is 0 Å². The topological polar surface area (TPSA) is 28.1 Å². The van der Waals surface area contributed by atoms with E-state index in [2.05, 4.69) is 35.2 Å². The number of hydrogen-bond donors (Lipinski definition) is 0. The second-order valence-electron chi connectivity index (χ2n) is 6.83. The summed E-state index contributed by atoms with van der Waals surface area (Å²) >= 11 is 0. The molecule has 0 atom stereocenters. The minimum Gasteiger partial charge on any atom is -0.226 e. The Hall–Kier alpha value is -4.40. The van der Waals surface area contributed by atoms with Gasteiger partial charge < -0.3 is 0 Å². The zero-order chi connectivity index (χ0) is 20.8. The van der Waals surface area contributed by atoms with Gasteiger partial charge in [0.1, 0.15) is 0 Å². The monoisotopic (exact) mass is 382 g/mol. The Bertz CT molecular complexity index is 1150. The Kier molecular flexibility index (Phi) is 5.52. The number of hydrogen-bond acceptors (Lipinski definition) is 1. The highest BCUT2D eigenvalue weighted by atomic mass is 14.7. The highest BCUT2D eigenvalue weighted by molar-refractivity contribution is 5.86. The number of nitrogens with zero attached hydrogens (tertiary/aromatic N) is 2. The van der Waals surface area contributed by atoms with Gasteiger partial charge in [-0.25, -0.2) is 10.1 Å². The lowest BCUT2D eigenvalue weighted by Crippen LogP contribution is -1.92. The van der Waals surface area contributed by atoms with Crippen molar-refractivity contribution in [2.45, 2.75) is 0 Å². The van der Waals surface area contributed by atoms with Crippen LogP contribution in [0.1, 0.15) is 11.1 Å². The van der Waals surface area contributed by atoms with E-state index >= 15 is 0 Å². The van der Waals surface area contributed by atoms with Gasteiger partial charge in [-0.05, 0) is 33.4 Å². The van der Waals surface area contributed by atoms with Crippen molar-refractivity contribution in [1.82, 2.24) is 0 Å². The van der Waals surface area contributed by atoms with Crippen LogP contribution in [0.5, 0.6) is 0 Å². The lowest BCUT2D eigenvalue weighted by Gasteiger charge is -2.11. The molecule has 4 aromatic rings. The fourth-order valence-electron chi connectivity index (χ4n) is 3.50. The standard InChI is InChI=1S/C28H18N2/c1-30-27(20-29)28(25-16-12-23(13-17-25)21-8-4-2-5-9-21)26-18-14-24(15-19-26)22-10-6-3-7-11-22/h2-19H. The molecular formula is C28H18N2. The maximum absolute atomic E-state index is 9.56. The summed E-state index contributed by atoms with van der Waals surface area (Å²) in [4.78, 5) is 3.49. The van der Waals surface area contributed by atoms with Crippen molar-refractivity contribution in [2.24, 2.45) is 0 Å². The van der Waals surface area contributed by atoms with Crippen LogP contribution in [0, 0.1) is 17.9 Å². The fraction of sp³-hybridized carbons (Fsp3) is 0. The first-order chi connectivity index (χ1) is 14.8. The zero-order valence-corrected chi connectivity index (χ0v) is 16.3. The van der Waals surface area contributed by atoms with Gasteiger partial charge in [0.15, 0.2) is 0 Å². The fourth-order valence-corrected chi connectivity index (χ4v) is 3.50. The van der Waals surface area contributed by atoms with Crippen molar-refractivity contribution in [3.63, 3.8) is 0 Å². The van der Waals surface area contributed by atoms with Crippen LogP contribution < -0.4 is 0 Å². The van der Waals surface area contributed by atoms with E-state index in [1.165, 1.54) is 0 Å². The van der Waals surface area contributed by atoms with E-state index in [0.29, 0.717) is 5.57 Å². The van der Waals surface area contributed by atoms with E-state index in [9.17, 15) is 5.26 Å². The smallest absolute Gasteiger partial charge is 0.226 e. The molecule has 2 nitrogen and oxygen atoms in total. The molecule has 4 aromatic carbocycles. The molecule has 0 aromatic heterocycles. The molecule has 140 valence electrons. The first-order valence-corrected chi connectivity index (χ1v) is 9.63. The van der Waals surface area contributed by atoms with Crippen LogP contribution in [-0.4, -0.2) is 0 Å². The van der Waals surface area contributed by atoms with Gasteiger partial charge in [0.05, 0.1) is 12.6 Å². The molecule has 0 amide bonds. The van der Waals surface area contributed by atoms with E-state index < -0.39 is 0 Å². The van der Waals surface area contributed by atoms with E-state index in [4.69, 9.17) is 6.57 Å². The number of allylic oxidation sites excluding steroid dienone is 1. The summed E-state index contributed by atoms with van der Waals surface area (Å²) in [5.41, 5.74) is 6.92.